The van der Waals surface area contributed by atoms with E-state index in [2.05, 4.69) is 13.2 Å². The molecule has 1 atom stereocenters. The van der Waals surface area contributed by atoms with Crippen LogP contribution in [0.3, 0.4) is 0 Å². The van der Waals surface area contributed by atoms with Crippen LogP contribution in [0.2, 0.25) is 0 Å². The smallest absolute Gasteiger partial charge is 0.169 e. The molecule has 17 heavy (non-hydrogen) atoms. The topological polar surface area (TPSA) is 17.1 Å². The Morgan fingerprint density at radius 2 is 1.94 bits per heavy atom. The third kappa shape index (κ3) is 5.86. The lowest BCUT2D eigenvalue weighted by Crippen LogP contribution is -2.12. The molecule has 0 aromatic carbocycles. The Labute approximate surface area is 105 Å². The molecule has 1 unspecified atom stereocenters. The highest BCUT2D eigenvalue weighted by molar-refractivity contribution is 6.00. The lowest BCUT2D eigenvalue weighted by Gasteiger charge is -2.08. The van der Waals surface area contributed by atoms with Gasteiger partial charge >= 0.3 is 0 Å². The van der Waals surface area contributed by atoms with Gasteiger partial charge in [0.15, 0.2) is 5.78 Å². The zero-order chi connectivity index (χ0) is 13.3. The Kier molecular flexibility index (Phi) is 7.70. The second-order valence-corrected chi connectivity index (χ2v) is 3.91. The van der Waals surface area contributed by atoms with E-state index >= 15 is 0 Å². The van der Waals surface area contributed by atoms with Crippen LogP contribution in [-0.4, -0.2) is 5.78 Å². The van der Waals surface area contributed by atoms with Gasteiger partial charge in [0.05, 0.1) is 0 Å². The number of allylic oxidation sites excluding steroid dienone is 8. The van der Waals surface area contributed by atoms with Gasteiger partial charge in [0.2, 0.25) is 0 Å². The van der Waals surface area contributed by atoms with Crippen LogP contribution in [0.4, 0.5) is 0 Å². The van der Waals surface area contributed by atoms with Crippen LogP contribution < -0.4 is 0 Å². The Morgan fingerprint density at radius 3 is 2.41 bits per heavy atom. The molecule has 0 fully saturated rings. The third-order valence-electron chi connectivity index (χ3n) is 2.50. The minimum Gasteiger partial charge on any atom is -0.294 e. The zero-order valence-corrected chi connectivity index (χ0v) is 11.1. The minimum atomic E-state index is -0.138. The van der Waals surface area contributed by atoms with Crippen molar-refractivity contribution in [2.45, 2.75) is 27.2 Å². The van der Waals surface area contributed by atoms with Gasteiger partial charge in [0, 0.05) is 11.5 Å². The monoisotopic (exact) mass is 230 g/mol. The van der Waals surface area contributed by atoms with Crippen LogP contribution in [0.1, 0.15) is 27.2 Å². The number of ketones is 1. The van der Waals surface area contributed by atoms with Crippen LogP contribution in [0.15, 0.2) is 60.8 Å². The average Bonchev–Trinajstić information content (AvgIpc) is 2.34. The molecular weight excluding hydrogens is 208 g/mol. The van der Waals surface area contributed by atoms with E-state index in [4.69, 9.17) is 0 Å². The normalized spacial score (nSPS) is 14.2. The van der Waals surface area contributed by atoms with E-state index in [0.717, 1.165) is 5.57 Å². The van der Waals surface area contributed by atoms with Crippen LogP contribution in [0.25, 0.3) is 0 Å². The average molecular weight is 230 g/mol. The SMILES string of the molecule is C=CCC(/C=C\C)C(=O)C(=C)/C=C\C(C)=C/C. The summed E-state index contributed by atoms with van der Waals surface area (Å²) in [5, 5.41) is 0. The molecule has 0 N–H and O–H groups in total. The van der Waals surface area contributed by atoms with E-state index in [1.165, 1.54) is 0 Å². The van der Waals surface area contributed by atoms with Crippen molar-refractivity contribution in [1.82, 2.24) is 0 Å². The van der Waals surface area contributed by atoms with Gasteiger partial charge in [-0.2, -0.15) is 0 Å². The van der Waals surface area contributed by atoms with Gasteiger partial charge < -0.3 is 0 Å². The molecule has 0 rings (SSSR count). The predicted molar refractivity (Wildman–Crippen MR) is 75.8 cm³/mol. The molecule has 0 aliphatic carbocycles. The molecule has 1 nitrogen and oxygen atoms in total. The molecule has 0 aromatic heterocycles. The summed E-state index contributed by atoms with van der Waals surface area (Å²) < 4.78 is 0. The second-order valence-electron chi connectivity index (χ2n) is 3.91. The standard InChI is InChI=1S/C16H22O/c1-6-9-15(10-7-2)16(17)14(5)12-11-13(4)8-3/h6-8,10-12,15H,1,5,9H2,2-4H3/b10-7-,12-11-,13-8-. The Bertz CT molecular complexity index is 367. The number of hydrogen-bond acceptors (Lipinski definition) is 1. The van der Waals surface area contributed by atoms with Crippen LogP contribution in [0, 0.1) is 5.92 Å². The molecule has 0 radical (unpaired) electrons. The van der Waals surface area contributed by atoms with Crippen LogP contribution >= 0.6 is 0 Å². The van der Waals surface area contributed by atoms with Crippen molar-refractivity contribution in [3.05, 3.63) is 60.8 Å². The van der Waals surface area contributed by atoms with Gasteiger partial charge in [-0.3, -0.25) is 4.79 Å². The first kappa shape index (κ1) is 15.4. The molecule has 1 heteroatoms. The fraction of sp³-hybridized carbons (Fsp3) is 0.312. The predicted octanol–water partition coefficient (Wildman–Crippen LogP) is 4.40. The lowest BCUT2D eigenvalue weighted by atomic mass is 9.94. The highest BCUT2D eigenvalue weighted by Gasteiger charge is 2.14. The molecule has 0 aromatic rings. The molecule has 0 bridgehead atoms. The Morgan fingerprint density at radius 1 is 1.29 bits per heavy atom. The quantitative estimate of drug-likeness (QED) is 0.360. The van der Waals surface area contributed by atoms with Gasteiger partial charge in [-0.05, 0) is 27.2 Å². The molecule has 0 spiro atoms. The van der Waals surface area contributed by atoms with E-state index in [0.29, 0.717) is 12.0 Å². The van der Waals surface area contributed by atoms with E-state index in [1.807, 2.05) is 45.1 Å². The summed E-state index contributed by atoms with van der Waals surface area (Å²) in [4.78, 5) is 12.1. The van der Waals surface area contributed by atoms with E-state index in [-0.39, 0.29) is 11.7 Å². The van der Waals surface area contributed by atoms with Crippen molar-refractivity contribution >= 4 is 5.78 Å². The van der Waals surface area contributed by atoms with E-state index in [1.54, 1.807) is 12.2 Å². The van der Waals surface area contributed by atoms with Gasteiger partial charge in [0.1, 0.15) is 0 Å². The number of hydrogen-bond donors (Lipinski definition) is 0. The first-order chi connectivity index (χ1) is 8.06. The van der Waals surface area contributed by atoms with Crippen molar-refractivity contribution in [2.75, 3.05) is 0 Å². The fourth-order valence-electron chi connectivity index (χ4n) is 1.33. The van der Waals surface area contributed by atoms with Crippen LogP contribution in [0.5, 0.6) is 0 Å². The molecule has 0 saturated carbocycles. The minimum absolute atomic E-state index is 0.0585. The van der Waals surface area contributed by atoms with Crippen molar-refractivity contribution < 1.29 is 4.79 Å². The molecule has 0 amide bonds. The van der Waals surface area contributed by atoms with E-state index < -0.39 is 0 Å². The van der Waals surface area contributed by atoms with Crippen molar-refractivity contribution in [3.63, 3.8) is 0 Å². The maximum Gasteiger partial charge on any atom is 0.169 e. The molecular formula is C16H22O. The number of carbonyl (C=O) groups excluding carboxylic acids is 1. The Balaban J connectivity index is 4.72. The van der Waals surface area contributed by atoms with Gasteiger partial charge in [-0.1, -0.05) is 48.6 Å². The van der Waals surface area contributed by atoms with Gasteiger partial charge in [-0.25, -0.2) is 0 Å². The summed E-state index contributed by atoms with van der Waals surface area (Å²) in [5.74, 6) is -0.0799. The van der Waals surface area contributed by atoms with Crippen molar-refractivity contribution in [3.8, 4) is 0 Å². The fourth-order valence-corrected chi connectivity index (χ4v) is 1.33. The second kappa shape index (κ2) is 8.51. The molecule has 0 aliphatic rings. The first-order valence-corrected chi connectivity index (χ1v) is 5.84. The van der Waals surface area contributed by atoms with Crippen molar-refractivity contribution in [2.24, 2.45) is 5.92 Å². The summed E-state index contributed by atoms with van der Waals surface area (Å²) in [7, 11) is 0. The maximum absolute atomic E-state index is 12.1. The summed E-state index contributed by atoms with van der Waals surface area (Å²) in [6.45, 7) is 13.3. The lowest BCUT2D eigenvalue weighted by molar-refractivity contribution is -0.117. The first-order valence-electron chi connectivity index (χ1n) is 5.84. The van der Waals surface area contributed by atoms with Crippen molar-refractivity contribution in [1.29, 1.82) is 0 Å². The molecule has 0 saturated heterocycles. The van der Waals surface area contributed by atoms with Gasteiger partial charge in [-0.15, -0.1) is 6.58 Å². The number of carbonyl (C=O) groups is 1. The third-order valence-corrected chi connectivity index (χ3v) is 2.50. The summed E-state index contributed by atoms with van der Waals surface area (Å²) >= 11 is 0. The summed E-state index contributed by atoms with van der Waals surface area (Å²) in [6, 6.07) is 0. The Hall–Kier alpha value is -1.63. The summed E-state index contributed by atoms with van der Waals surface area (Å²) in [5.41, 5.74) is 1.65. The highest BCUT2D eigenvalue weighted by Crippen LogP contribution is 2.14. The number of rotatable bonds is 7. The molecule has 92 valence electrons. The van der Waals surface area contributed by atoms with Crippen LogP contribution in [-0.2, 0) is 4.79 Å². The summed E-state index contributed by atoms with van der Waals surface area (Å²) in [6.07, 6.45) is 11.9. The number of Topliss-reactive ketones (excluding diaryl/α,β-unsaturated/α-hetero) is 1. The maximum atomic E-state index is 12.1. The largest absolute Gasteiger partial charge is 0.294 e. The van der Waals surface area contributed by atoms with Gasteiger partial charge in [0.25, 0.3) is 0 Å². The van der Waals surface area contributed by atoms with E-state index in [9.17, 15) is 4.79 Å². The molecule has 0 heterocycles. The zero-order valence-electron chi connectivity index (χ0n) is 11.1. The highest BCUT2D eigenvalue weighted by atomic mass is 16.1. The molecule has 0 aliphatic heterocycles.